The van der Waals surface area contributed by atoms with Crippen molar-refractivity contribution in [2.75, 3.05) is 5.75 Å². The molecular formula is C26H47O3PS2. The van der Waals surface area contributed by atoms with Crippen molar-refractivity contribution in [3.8, 4) is 5.75 Å². The van der Waals surface area contributed by atoms with Crippen LogP contribution < -0.4 is 4.74 Å². The molecule has 0 amide bonds. The highest BCUT2D eigenvalue weighted by atomic mass is 32.9. The Morgan fingerprint density at radius 2 is 1.19 bits per heavy atom. The Bertz CT molecular complexity index is 588. The second kappa shape index (κ2) is 18.3. The van der Waals surface area contributed by atoms with E-state index in [0.29, 0.717) is 5.75 Å². The maximum absolute atomic E-state index is 9.92. The normalized spacial score (nSPS) is 12.2. The van der Waals surface area contributed by atoms with Gasteiger partial charge in [-0.3, -0.25) is 0 Å². The van der Waals surface area contributed by atoms with Gasteiger partial charge in [0, 0.05) is 5.75 Å². The first kappa shape index (κ1) is 30.0. The fraction of sp³-hybridized carbons (Fsp3) is 0.769. The lowest BCUT2D eigenvalue weighted by atomic mass is 9.90. The van der Waals surface area contributed by atoms with Crippen LogP contribution in [0.4, 0.5) is 0 Å². The summed E-state index contributed by atoms with van der Waals surface area (Å²) in [6.07, 6.45) is 19.5. The van der Waals surface area contributed by atoms with Crippen molar-refractivity contribution >= 4 is 28.9 Å². The third-order valence-corrected chi connectivity index (χ3v) is 9.38. The molecule has 0 aliphatic rings. The molecule has 1 rings (SSSR count). The molecule has 0 unspecified atom stereocenters. The minimum atomic E-state index is -3.31. The van der Waals surface area contributed by atoms with Crippen molar-refractivity contribution in [3.63, 3.8) is 0 Å². The van der Waals surface area contributed by atoms with E-state index in [1.54, 1.807) is 0 Å². The molecule has 0 aromatic heterocycles. The summed E-state index contributed by atoms with van der Waals surface area (Å²) < 4.78 is 6.62. The first-order chi connectivity index (χ1) is 15.4. The van der Waals surface area contributed by atoms with E-state index in [-0.39, 0.29) is 0 Å². The topological polar surface area (TPSA) is 49.7 Å². The van der Waals surface area contributed by atoms with Gasteiger partial charge in [-0.05, 0) is 49.6 Å². The summed E-state index contributed by atoms with van der Waals surface area (Å²) >= 11 is 6.06. The zero-order valence-corrected chi connectivity index (χ0v) is 23.0. The van der Waals surface area contributed by atoms with Gasteiger partial charge in [-0.2, -0.15) is 0 Å². The lowest BCUT2D eigenvalue weighted by Gasteiger charge is -2.35. The molecule has 32 heavy (non-hydrogen) atoms. The second-order valence-electron chi connectivity index (χ2n) is 9.10. The summed E-state index contributed by atoms with van der Waals surface area (Å²) in [4.78, 5) is 19.8. The van der Waals surface area contributed by atoms with Crippen LogP contribution in [0.25, 0.3) is 0 Å². The van der Waals surface area contributed by atoms with Crippen molar-refractivity contribution < 1.29 is 14.5 Å². The van der Waals surface area contributed by atoms with Crippen molar-refractivity contribution in [2.45, 2.75) is 122 Å². The first-order valence-corrected chi connectivity index (χ1v) is 17.1. The number of unbranched alkanes of at least 4 members (excludes halogenated alkanes) is 12. The highest BCUT2D eigenvalue weighted by Gasteiger charge is 2.33. The molecule has 186 valence electrons. The van der Waals surface area contributed by atoms with Gasteiger partial charge in [-0.25, -0.2) is 0 Å². The summed E-state index contributed by atoms with van der Waals surface area (Å²) in [5.74, 6) is 1.40. The van der Waals surface area contributed by atoms with E-state index < -0.39 is 11.3 Å². The average Bonchev–Trinajstić information content (AvgIpc) is 2.77. The number of rotatable bonds is 21. The van der Waals surface area contributed by atoms with Crippen LogP contribution in [-0.2, 0) is 11.8 Å². The summed E-state index contributed by atoms with van der Waals surface area (Å²) in [6, 6.07) is 10.00. The van der Waals surface area contributed by atoms with E-state index in [0.717, 1.165) is 42.8 Å². The number of ether oxygens (including phenoxy) is 1. The molecule has 0 bridgehead atoms. The van der Waals surface area contributed by atoms with Crippen LogP contribution in [0.15, 0.2) is 30.3 Å². The third kappa shape index (κ3) is 15.7. The van der Waals surface area contributed by atoms with E-state index >= 15 is 0 Å². The Morgan fingerprint density at radius 3 is 1.62 bits per heavy atom. The van der Waals surface area contributed by atoms with Gasteiger partial charge < -0.3 is 14.5 Å². The summed E-state index contributed by atoms with van der Waals surface area (Å²) in [5, 5.41) is 0. The predicted molar refractivity (Wildman–Crippen MR) is 146 cm³/mol. The number of hydrogen-bond donors (Lipinski definition) is 2. The molecule has 3 nitrogen and oxygen atoms in total. The van der Waals surface area contributed by atoms with E-state index in [1.165, 1.54) is 77.0 Å². The van der Waals surface area contributed by atoms with Gasteiger partial charge in [-0.15, -0.1) is 0 Å². The molecular weight excluding hydrogens is 455 g/mol. The number of hydrogen-bond acceptors (Lipinski definition) is 3. The van der Waals surface area contributed by atoms with E-state index in [4.69, 9.17) is 16.5 Å². The Labute approximate surface area is 207 Å². The molecule has 0 saturated heterocycles. The Kier molecular flexibility index (Phi) is 17.1. The van der Waals surface area contributed by atoms with Crippen molar-refractivity contribution in [2.24, 2.45) is 0 Å². The van der Waals surface area contributed by atoms with Crippen LogP contribution in [0, 0.1) is 0 Å². The van der Waals surface area contributed by atoms with Gasteiger partial charge in [-0.1, -0.05) is 120 Å². The molecule has 0 atom stereocenters. The minimum Gasteiger partial charge on any atom is -0.486 e. The third-order valence-electron chi connectivity index (χ3n) is 6.05. The van der Waals surface area contributed by atoms with E-state index in [1.807, 2.05) is 30.3 Å². The number of benzene rings is 1. The van der Waals surface area contributed by atoms with Crippen LogP contribution in [0.5, 0.6) is 5.75 Å². The minimum absolute atomic E-state index is 0.394. The largest absolute Gasteiger partial charge is 0.486 e. The molecule has 0 aliphatic heterocycles. The second-order valence-corrected chi connectivity index (χ2v) is 15.2. The first-order valence-electron chi connectivity index (χ1n) is 12.8. The van der Waals surface area contributed by atoms with Crippen molar-refractivity contribution in [1.82, 2.24) is 0 Å². The van der Waals surface area contributed by atoms with Crippen LogP contribution in [0.1, 0.15) is 117 Å². The Morgan fingerprint density at radius 1 is 0.750 bits per heavy atom. The monoisotopic (exact) mass is 502 g/mol. The van der Waals surface area contributed by atoms with Gasteiger partial charge in [0.1, 0.15) is 11.4 Å². The summed E-state index contributed by atoms with van der Waals surface area (Å²) in [5.41, 5.74) is -3.71. The number of para-hydroxylation sites is 1. The van der Waals surface area contributed by atoms with Crippen LogP contribution in [-0.4, -0.2) is 21.1 Å². The molecule has 0 spiro atoms. The predicted octanol–water partition coefficient (Wildman–Crippen LogP) is 9.03. The zero-order chi connectivity index (χ0) is 23.5. The smallest absolute Gasteiger partial charge is 0.242 e. The van der Waals surface area contributed by atoms with Crippen molar-refractivity contribution in [1.29, 1.82) is 0 Å². The molecule has 1 aromatic rings. The lowest BCUT2D eigenvalue weighted by molar-refractivity contribution is 0.0687. The molecule has 0 fully saturated rings. The highest BCUT2D eigenvalue weighted by molar-refractivity contribution is 8.67. The molecule has 2 N–H and O–H groups in total. The van der Waals surface area contributed by atoms with Gasteiger partial charge in [0.2, 0.25) is 5.69 Å². The Hall–Kier alpha value is -0.0600. The van der Waals surface area contributed by atoms with E-state index in [9.17, 15) is 9.79 Å². The maximum Gasteiger partial charge on any atom is 0.242 e. The quantitative estimate of drug-likeness (QED) is 0.130. The standard InChI is InChI=1S/C26H47O3PS2/c1-3-5-7-9-11-13-18-22-26(24-32-30(27,28)31,29-25-20-16-15-17-21-25)23-19-14-12-10-8-6-4-2/h15-17,20-21H,3-14,18-19,22-24H2,1-2H3,(H2,27,28,31). The molecule has 1 aromatic carbocycles. The highest BCUT2D eigenvalue weighted by Crippen LogP contribution is 2.53. The average molecular weight is 503 g/mol. The molecule has 6 heteroatoms. The molecule has 0 aliphatic carbocycles. The SMILES string of the molecule is CCCCCCCCCC(CCCCCCCCC)(CSP(O)(O)=S)Oc1ccccc1. The van der Waals surface area contributed by atoms with Gasteiger partial charge in [0.15, 0.2) is 0 Å². The van der Waals surface area contributed by atoms with Gasteiger partial charge in [0.05, 0.1) is 0 Å². The summed E-state index contributed by atoms with van der Waals surface area (Å²) in [7, 11) is 0. The van der Waals surface area contributed by atoms with Gasteiger partial charge >= 0.3 is 0 Å². The lowest BCUT2D eigenvalue weighted by Crippen LogP contribution is -2.39. The Balaban J connectivity index is 2.74. The fourth-order valence-electron chi connectivity index (χ4n) is 4.15. The van der Waals surface area contributed by atoms with Crippen molar-refractivity contribution in [3.05, 3.63) is 30.3 Å². The van der Waals surface area contributed by atoms with Crippen LogP contribution >= 0.6 is 17.1 Å². The molecule has 0 saturated carbocycles. The van der Waals surface area contributed by atoms with Crippen LogP contribution in [0.2, 0.25) is 0 Å². The van der Waals surface area contributed by atoms with Gasteiger partial charge in [0.25, 0.3) is 0 Å². The fourth-order valence-corrected chi connectivity index (χ4v) is 6.59. The summed E-state index contributed by atoms with van der Waals surface area (Å²) in [6.45, 7) is 4.50. The maximum atomic E-state index is 9.92. The van der Waals surface area contributed by atoms with Crippen LogP contribution in [0.3, 0.4) is 0 Å². The zero-order valence-electron chi connectivity index (χ0n) is 20.5. The van der Waals surface area contributed by atoms with E-state index in [2.05, 4.69) is 13.8 Å². The molecule has 0 radical (unpaired) electrons. The molecule has 0 heterocycles.